The topological polar surface area (TPSA) is 53.3 Å². The van der Waals surface area contributed by atoms with Gasteiger partial charge in [0.15, 0.2) is 0 Å². The van der Waals surface area contributed by atoms with Gasteiger partial charge in [-0.25, -0.2) is 0 Å². The Hall–Kier alpha value is -2.63. The van der Waals surface area contributed by atoms with E-state index in [2.05, 4.69) is 143 Å². The maximum absolute atomic E-state index is 14.8. The van der Waals surface area contributed by atoms with Gasteiger partial charge in [-0.05, 0) is 89.2 Å². The van der Waals surface area contributed by atoms with E-state index in [1.807, 2.05) is 30.1 Å². The number of carbonyl (C=O) groups excluding carboxylic acids is 1. The number of alkyl halides is 1. The summed E-state index contributed by atoms with van der Waals surface area (Å²) in [5.74, 6) is 3.12. The summed E-state index contributed by atoms with van der Waals surface area (Å²) in [5.41, 5.74) is 2.38. The molecule has 2 aliphatic carbocycles. The number of thioether (sulfide) groups is 1. The Bertz CT molecular complexity index is 1660. The molecule has 0 bridgehead atoms. The van der Waals surface area contributed by atoms with Crippen LogP contribution in [0.1, 0.15) is 74.1 Å². The number of para-hydroxylation sites is 1. The lowest BCUT2D eigenvalue weighted by Crippen LogP contribution is -2.68. The highest BCUT2D eigenvalue weighted by molar-refractivity contribution is 9.09. The molecule has 1 amide bonds. The Morgan fingerprint density at radius 3 is 2.12 bits per heavy atom. The summed E-state index contributed by atoms with van der Waals surface area (Å²) in [7, 11) is -0.887. The van der Waals surface area contributed by atoms with Gasteiger partial charge in [0.1, 0.15) is 0 Å². The lowest BCUT2D eigenvalue weighted by molar-refractivity contribution is -0.125. The molecule has 0 saturated heterocycles. The minimum Gasteiger partial charge on any atom is -0.404 e. The molecule has 0 radical (unpaired) electrons. The summed E-state index contributed by atoms with van der Waals surface area (Å²) in [6.07, 6.45) is 6.00. The van der Waals surface area contributed by atoms with Gasteiger partial charge >= 0.3 is 0 Å². The zero-order valence-electron chi connectivity index (χ0n) is 32.5. The summed E-state index contributed by atoms with van der Waals surface area (Å²) in [6.45, 7) is 16.3. The van der Waals surface area contributed by atoms with Crippen LogP contribution in [0.25, 0.3) is 0 Å². The fourth-order valence-electron chi connectivity index (χ4n) is 9.46. The minimum atomic E-state index is -2.82. The number of rotatable bonds is 13. The molecule has 278 valence electrons. The average Bonchev–Trinajstić information content (AvgIpc) is 3.13. The third-order valence-electron chi connectivity index (χ3n) is 12.0. The number of halogens is 1. The molecule has 7 atom stereocenters. The average molecular weight is 800 g/mol. The van der Waals surface area contributed by atoms with Crippen molar-refractivity contribution in [1.82, 2.24) is 0 Å². The molecule has 0 unspecified atom stereocenters. The molecule has 1 fully saturated rings. The van der Waals surface area contributed by atoms with Gasteiger partial charge in [0.25, 0.3) is 8.32 Å². The van der Waals surface area contributed by atoms with E-state index in [4.69, 9.17) is 9.69 Å². The fourth-order valence-corrected chi connectivity index (χ4v) is 16.3. The number of hydrogen-bond acceptors (Lipinski definition) is 4. The Kier molecular flexibility index (Phi) is 13.8. The molecule has 3 aromatic rings. The zero-order chi connectivity index (χ0) is 37.6. The molecule has 3 aromatic carbocycles. The summed E-state index contributed by atoms with van der Waals surface area (Å²) < 4.78 is 7.94. The number of hydrogen-bond donors (Lipinski definition) is 0. The van der Waals surface area contributed by atoms with Gasteiger partial charge in [-0.2, -0.15) is 5.26 Å². The van der Waals surface area contributed by atoms with E-state index in [1.165, 1.54) is 15.9 Å². The number of benzene rings is 3. The lowest BCUT2D eigenvalue weighted by Gasteiger charge is -2.53. The number of nitriles is 1. The fraction of sp³-hybridized carbons (Fsp3) is 0.511. The Morgan fingerprint density at radius 2 is 1.56 bits per heavy atom. The predicted octanol–water partition coefficient (Wildman–Crippen LogP) is 10.5. The quantitative estimate of drug-likeness (QED) is 0.0568. The van der Waals surface area contributed by atoms with Crippen LogP contribution in [-0.4, -0.2) is 38.5 Å². The van der Waals surface area contributed by atoms with Crippen molar-refractivity contribution in [3.63, 3.8) is 0 Å². The van der Waals surface area contributed by atoms with Crippen LogP contribution < -0.4 is 15.3 Å². The maximum atomic E-state index is 14.8. The van der Waals surface area contributed by atoms with Crippen molar-refractivity contribution in [2.45, 2.75) is 90.2 Å². The summed E-state index contributed by atoms with van der Waals surface area (Å²) in [5, 5.41) is 12.6. The van der Waals surface area contributed by atoms with E-state index in [9.17, 15) is 4.79 Å². The van der Waals surface area contributed by atoms with E-state index in [1.54, 1.807) is 11.8 Å². The lowest BCUT2D eigenvalue weighted by atomic mass is 9.56. The van der Waals surface area contributed by atoms with Crippen LogP contribution in [0.3, 0.4) is 0 Å². The van der Waals surface area contributed by atoms with Crippen LogP contribution in [-0.2, 0) is 9.22 Å². The summed E-state index contributed by atoms with van der Waals surface area (Å²) in [4.78, 5) is 17.7. The largest absolute Gasteiger partial charge is 0.404 e. The first-order valence-electron chi connectivity index (χ1n) is 19.2. The predicted molar refractivity (Wildman–Crippen MR) is 226 cm³/mol. The van der Waals surface area contributed by atoms with Crippen LogP contribution in [0.15, 0.2) is 101 Å². The van der Waals surface area contributed by atoms with Gasteiger partial charge < -0.3 is 9.33 Å². The highest BCUT2D eigenvalue weighted by Gasteiger charge is 2.54. The Labute approximate surface area is 328 Å². The minimum absolute atomic E-state index is 0.0179. The smallest absolute Gasteiger partial charge is 0.261 e. The van der Waals surface area contributed by atoms with Gasteiger partial charge in [-0.15, -0.1) is 11.8 Å². The van der Waals surface area contributed by atoms with Gasteiger partial charge in [-0.3, -0.25) is 4.79 Å². The van der Waals surface area contributed by atoms with Gasteiger partial charge in [0.2, 0.25) is 5.91 Å². The molecule has 1 saturated carbocycles. The first-order chi connectivity index (χ1) is 24.8. The Morgan fingerprint density at radius 1 is 0.962 bits per heavy atom. The number of nitrogens with zero attached hydrogens (tertiary/aromatic N) is 2. The van der Waals surface area contributed by atoms with Crippen LogP contribution in [0.4, 0.5) is 5.69 Å². The van der Waals surface area contributed by atoms with Crippen molar-refractivity contribution in [3.8, 4) is 6.07 Å². The SMILES string of the molecule is CC1=C[C@@H]2[C@H]([C@H](C)C(=O)N(C)c3ccccc3SCCC#N)C[C@@H](O[Si](c3ccccc3)(c3ccccc3)C(C)(C)C)C[C@@H]2[C@H]([C@H](CBr)C(C)C)C1. The number of anilines is 1. The maximum Gasteiger partial charge on any atom is 0.261 e. The molecule has 0 N–H and O–H groups in total. The van der Waals surface area contributed by atoms with Crippen LogP contribution in [0, 0.1) is 52.8 Å². The second-order valence-corrected chi connectivity index (χ2v) is 22.7. The van der Waals surface area contributed by atoms with Crippen LogP contribution >= 0.6 is 27.7 Å². The number of carbonyl (C=O) groups is 1. The second-order valence-electron chi connectivity index (χ2n) is 16.6. The van der Waals surface area contributed by atoms with E-state index in [0.29, 0.717) is 41.8 Å². The van der Waals surface area contributed by atoms with E-state index < -0.39 is 8.32 Å². The van der Waals surface area contributed by atoms with E-state index in [0.717, 1.165) is 35.2 Å². The zero-order valence-corrected chi connectivity index (χ0v) is 35.9. The van der Waals surface area contributed by atoms with Crippen molar-refractivity contribution in [2.75, 3.05) is 23.0 Å². The molecule has 5 rings (SSSR count). The highest BCUT2D eigenvalue weighted by atomic mass is 79.9. The van der Waals surface area contributed by atoms with Gasteiger partial charge in [0, 0.05) is 41.5 Å². The van der Waals surface area contributed by atoms with Crippen molar-refractivity contribution < 1.29 is 9.22 Å². The molecule has 4 nitrogen and oxygen atoms in total. The van der Waals surface area contributed by atoms with Crippen LogP contribution in [0.5, 0.6) is 0 Å². The van der Waals surface area contributed by atoms with Gasteiger partial charge in [-0.1, -0.05) is 142 Å². The first kappa shape index (κ1) is 40.5. The summed E-state index contributed by atoms with van der Waals surface area (Å²) in [6, 6.07) is 32.4. The first-order valence-corrected chi connectivity index (χ1v) is 23.2. The van der Waals surface area contributed by atoms with Gasteiger partial charge in [0.05, 0.1) is 11.8 Å². The molecule has 2 aliphatic rings. The normalized spacial score (nSPS) is 23.2. The van der Waals surface area contributed by atoms with Crippen molar-refractivity contribution in [2.24, 2.45) is 41.4 Å². The van der Waals surface area contributed by atoms with E-state index in [-0.39, 0.29) is 28.9 Å². The monoisotopic (exact) mass is 798 g/mol. The van der Waals surface area contributed by atoms with Crippen molar-refractivity contribution in [3.05, 3.63) is 96.6 Å². The molecule has 52 heavy (non-hydrogen) atoms. The number of fused-ring (bicyclic) bond motifs is 1. The standard InChI is InChI=1S/C45H59BrN2O2SSi/c1-31(2)41(30-46)39-27-32(3)26-38-37(33(4)44(49)48(8)42-22-15-16-23-43(42)51-25-17-24-47)28-34(29-40(38)39)50-52(45(5,6)7,35-18-11-9-12-19-35)36-20-13-10-14-21-36/h9-16,18-23,26,31,33-34,37-41H,17,25,27-30H2,1-8H3/t33-,34+,37-,38+,39+,40-,41+/m0/s1. The second kappa shape index (κ2) is 17.7. The molecule has 0 heterocycles. The Balaban J connectivity index is 1.59. The third kappa shape index (κ3) is 8.51. The third-order valence-corrected chi connectivity index (χ3v) is 19.0. The molecular formula is C45H59BrN2O2SSi. The molecule has 0 aliphatic heterocycles. The molecular weight excluding hydrogens is 741 g/mol. The van der Waals surface area contributed by atoms with E-state index >= 15 is 0 Å². The van der Waals surface area contributed by atoms with Crippen LogP contribution in [0.2, 0.25) is 5.04 Å². The molecule has 0 spiro atoms. The van der Waals surface area contributed by atoms with Crippen molar-refractivity contribution in [1.29, 1.82) is 5.26 Å². The number of allylic oxidation sites excluding steroid dienone is 2. The molecule has 7 heteroatoms. The summed E-state index contributed by atoms with van der Waals surface area (Å²) >= 11 is 5.61. The molecule has 0 aromatic heterocycles. The highest BCUT2D eigenvalue weighted by Crippen LogP contribution is 2.53. The van der Waals surface area contributed by atoms with Crippen molar-refractivity contribution >= 4 is 58.0 Å². The number of amides is 1.